The molecule has 2 N–H and O–H groups in total. The van der Waals surface area contributed by atoms with Crippen LogP contribution in [0, 0.1) is 0 Å². The molecule has 84 valence electrons. The van der Waals surface area contributed by atoms with Crippen LogP contribution in [0.1, 0.15) is 33.1 Å². The van der Waals surface area contributed by atoms with Crippen molar-refractivity contribution >= 4 is 0 Å². The van der Waals surface area contributed by atoms with Crippen LogP contribution < -0.4 is 5.73 Å². The second-order valence-corrected chi connectivity index (χ2v) is 4.47. The van der Waals surface area contributed by atoms with E-state index in [0.717, 1.165) is 32.2 Å². The van der Waals surface area contributed by atoms with Gasteiger partial charge in [0.2, 0.25) is 0 Å². The summed E-state index contributed by atoms with van der Waals surface area (Å²) in [5, 5.41) is 0. The first-order chi connectivity index (χ1) is 6.68. The normalized spacial score (nSPS) is 21.2. The van der Waals surface area contributed by atoms with Crippen LogP contribution in [0.15, 0.2) is 0 Å². The summed E-state index contributed by atoms with van der Waals surface area (Å²) in [5.74, 6) is 0. The van der Waals surface area contributed by atoms with E-state index in [2.05, 4.69) is 18.7 Å². The first-order valence-electron chi connectivity index (χ1n) is 5.63. The molecule has 1 rings (SSSR count). The fraction of sp³-hybridized carbons (Fsp3) is 1.00. The van der Waals surface area contributed by atoms with Gasteiger partial charge in [0, 0.05) is 31.8 Å². The Morgan fingerprint density at radius 1 is 1.50 bits per heavy atom. The Hall–Kier alpha value is -0.120. The number of nitrogens with zero attached hydrogens (tertiary/aromatic N) is 1. The maximum atomic E-state index is 5.87. The van der Waals surface area contributed by atoms with Crippen LogP contribution in [0.4, 0.5) is 0 Å². The molecule has 0 saturated heterocycles. The molecule has 0 heterocycles. The molecule has 3 heteroatoms. The van der Waals surface area contributed by atoms with Crippen molar-refractivity contribution in [2.24, 2.45) is 5.73 Å². The molecule has 1 atom stereocenters. The van der Waals surface area contributed by atoms with Crippen LogP contribution in [0.3, 0.4) is 0 Å². The van der Waals surface area contributed by atoms with Crippen LogP contribution >= 0.6 is 0 Å². The summed E-state index contributed by atoms with van der Waals surface area (Å²) in [6.07, 6.45) is 3.78. The van der Waals surface area contributed by atoms with Crippen LogP contribution in [0.2, 0.25) is 0 Å². The minimum atomic E-state index is 0.166. The average Bonchev–Trinajstić information content (AvgIpc) is 3.02. The summed E-state index contributed by atoms with van der Waals surface area (Å²) >= 11 is 0. The molecule has 0 amide bonds. The van der Waals surface area contributed by atoms with Gasteiger partial charge in [-0.1, -0.05) is 6.92 Å². The number of hydrogen-bond donors (Lipinski definition) is 1. The highest BCUT2D eigenvalue weighted by molar-refractivity contribution is 4.95. The van der Waals surface area contributed by atoms with E-state index in [4.69, 9.17) is 10.5 Å². The van der Waals surface area contributed by atoms with E-state index in [1.165, 1.54) is 12.8 Å². The lowest BCUT2D eigenvalue weighted by molar-refractivity contribution is 0.0610. The average molecular weight is 200 g/mol. The van der Waals surface area contributed by atoms with Gasteiger partial charge < -0.3 is 10.5 Å². The molecule has 0 aliphatic heterocycles. The van der Waals surface area contributed by atoms with Crippen molar-refractivity contribution in [3.05, 3.63) is 0 Å². The summed E-state index contributed by atoms with van der Waals surface area (Å²) in [7, 11) is 1.76. The lowest BCUT2D eigenvalue weighted by Gasteiger charge is -2.40. The topological polar surface area (TPSA) is 38.5 Å². The fourth-order valence-electron chi connectivity index (χ4n) is 1.93. The molecule has 0 spiro atoms. The van der Waals surface area contributed by atoms with E-state index in [0.29, 0.717) is 0 Å². The smallest absolute Gasteiger partial charge is 0.0590 e. The van der Waals surface area contributed by atoms with Crippen LogP contribution in [-0.4, -0.2) is 43.3 Å². The Kier molecular flexibility index (Phi) is 4.35. The maximum Gasteiger partial charge on any atom is 0.0590 e. The molecular weight excluding hydrogens is 176 g/mol. The third-order valence-electron chi connectivity index (χ3n) is 3.42. The van der Waals surface area contributed by atoms with Gasteiger partial charge in [0.1, 0.15) is 0 Å². The summed E-state index contributed by atoms with van der Waals surface area (Å²) in [6.45, 7) is 7.05. The molecule has 1 saturated carbocycles. The zero-order valence-corrected chi connectivity index (χ0v) is 9.75. The Morgan fingerprint density at radius 2 is 2.14 bits per heavy atom. The van der Waals surface area contributed by atoms with Gasteiger partial charge >= 0.3 is 0 Å². The molecule has 0 aromatic carbocycles. The summed E-state index contributed by atoms with van der Waals surface area (Å²) < 4.78 is 5.15. The minimum Gasteiger partial charge on any atom is -0.383 e. The molecule has 3 nitrogen and oxygen atoms in total. The van der Waals surface area contributed by atoms with Crippen LogP contribution in [0.5, 0.6) is 0 Å². The molecular formula is C11H24N2O. The summed E-state index contributed by atoms with van der Waals surface area (Å²) in [4.78, 5) is 2.54. The minimum absolute atomic E-state index is 0.166. The number of ether oxygens (including phenoxy) is 1. The number of methoxy groups -OCH3 is 1. The SMILES string of the molecule is CCC(C)(CN)N(CCOC)C1CC1. The van der Waals surface area contributed by atoms with Gasteiger partial charge in [-0.3, -0.25) is 4.90 Å². The maximum absolute atomic E-state index is 5.87. The zero-order valence-electron chi connectivity index (χ0n) is 9.75. The van der Waals surface area contributed by atoms with E-state index >= 15 is 0 Å². The van der Waals surface area contributed by atoms with Crippen LogP contribution in [-0.2, 0) is 4.74 Å². The number of nitrogens with two attached hydrogens (primary N) is 1. The van der Waals surface area contributed by atoms with E-state index < -0.39 is 0 Å². The van der Waals surface area contributed by atoms with E-state index in [1.807, 2.05) is 0 Å². The molecule has 0 bridgehead atoms. The highest BCUT2D eigenvalue weighted by atomic mass is 16.5. The quantitative estimate of drug-likeness (QED) is 0.671. The van der Waals surface area contributed by atoms with Crippen molar-refractivity contribution in [2.75, 3.05) is 26.8 Å². The predicted octanol–water partition coefficient (Wildman–Crippen LogP) is 1.22. The first kappa shape index (κ1) is 12.0. The fourth-order valence-corrected chi connectivity index (χ4v) is 1.93. The standard InChI is InChI=1S/C11H24N2O/c1-4-11(2,9-12)13(7-8-14-3)10-5-6-10/h10H,4-9,12H2,1-3H3. The lowest BCUT2D eigenvalue weighted by Crippen LogP contribution is -2.53. The Morgan fingerprint density at radius 3 is 2.50 bits per heavy atom. The van der Waals surface area contributed by atoms with Gasteiger partial charge in [0.05, 0.1) is 6.61 Å². The summed E-state index contributed by atoms with van der Waals surface area (Å²) in [6, 6.07) is 0.763. The molecule has 0 aromatic rings. The van der Waals surface area contributed by atoms with Crippen molar-refractivity contribution in [3.8, 4) is 0 Å². The van der Waals surface area contributed by atoms with Gasteiger partial charge in [0.25, 0.3) is 0 Å². The van der Waals surface area contributed by atoms with Gasteiger partial charge in [0.15, 0.2) is 0 Å². The largest absolute Gasteiger partial charge is 0.383 e. The highest BCUT2D eigenvalue weighted by Gasteiger charge is 2.38. The number of hydrogen-bond acceptors (Lipinski definition) is 3. The van der Waals surface area contributed by atoms with Crippen molar-refractivity contribution in [3.63, 3.8) is 0 Å². The first-order valence-corrected chi connectivity index (χ1v) is 5.63. The van der Waals surface area contributed by atoms with Crippen molar-refractivity contribution in [1.82, 2.24) is 4.90 Å². The van der Waals surface area contributed by atoms with Crippen molar-refractivity contribution in [2.45, 2.75) is 44.7 Å². The van der Waals surface area contributed by atoms with Gasteiger partial charge in [-0.05, 0) is 26.2 Å². The zero-order chi connectivity index (χ0) is 10.6. The van der Waals surface area contributed by atoms with Gasteiger partial charge in [-0.25, -0.2) is 0 Å². The van der Waals surface area contributed by atoms with E-state index in [9.17, 15) is 0 Å². The molecule has 1 unspecified atom stereocenters. The van der Waals surface area contributed by atoms with Gasteiger partial charge in [-0.2, -0.15) is 0 Å². The second kappa shape index (κ2) is 5.10. The molecule has 1 aliphatic rings. The van der Waals surface area contributed by atoms with E-state index in [1.54, 1.807) is 7.11 Å². The third-order valence-corrected chi connectivity index (χ3v) is 3.42. The Bertz CT molecular complexity index is 165. The van der Waals surface area contributed by atoms with Gasteiger partial charge in [-0.15, -0.1) is 0 Å². The monoisotopic (exact) mass is 200 g/mol. The van der Waals surface area contributed by atoms with Crippen LogP contribution in [0.25, 0.3) is 0 Å². The van der Waals surface area contributed by atoms with Crippen molar-refractivity contribution < 1.29 is 4.74 Å². The molecule has 1 fully saturated rings. The highest BCUT2D eigenvalue weighted by Crippen LogP contribution is 2.33. The third kappa shape index (κ3) is 2.69. The Balaban J connectivity index is 2.54. The molecule has 0 radical (unpaired) electrons. The molecule has 0 aromatic heterocycles. The lowest BCUT2D eigenvalue weighted by atomic mass is 9.96. The summed E-state index contributed by atoms with van der Waals surface area (Å²) in [5.41, 5.74) is 6.04. The second-order valence-electron chi connectivity index (χ2n) is 4.47. The van der Waals surface area contributed by atoms with Crippen molar-refractivity contribution in [1.29, 1.82) is 0 Å². The predicted molar refractivity (Wildman–Crippen MR) is 59.4 cm³/mol. The molecule has 14 heavy (non-hydrogen) atoms. The van der Waals surface area contributed by atoms with E-state index in [-0.39, 0.29) is 5.54 Å². The Labute approximate surface area is 87.6 Å². The molecule has 1 aliphatic carbocycles. The number of rotatable bonds is 7.